The van der Waals surface area contributed by atoms with Crippen LogP contribution in [0, 0.1) is 6.92 Å². The highest BCUT2D eigenvalue weighted by Gasteiger charge is 2.40. The Balaban J connectivity index is 1.71. The largest absolute Gasteiger partial charge is 0.294 e. The fourth-order valence-corrected chi connectivity index (χ4v) is 4.88. The Kier molecular flexibility index (Phi) is 4.31. The SMILES string of the molecule is Cc1cccc(N2C(=O)CC(c3cccc4ccccc34)C3=C2CCCC3=O)c1. The summed E-state index contributed by atoms with van der Waals surface area (Å²) >= 11 is 0. The Morgan fingerprint density at radius 1 is 0.897 bits per heavy atom. The maximum absolute atomic E-state index is 13.4. The van der Waals surface area contributed by atoms with E-state index in [0.717, 1.165) is 51.7 Å². The highest BCUT2D eigenvalue weighted by Crippen LogP contribution is 2.44. The first-order valence-electron chi connectivity index (χ1n) is 10.3. The third-order valence-electron chi connectivity index (χ3n) is 6.13. The van der Waals surface area contributed by atoms with Gasteiger partial charge in [-0.1, -0.05) is 54.6 Å². The van der Waals surface area contributed by atoms with Crippen molar-refractivity contribution < 1.29 is 9.59 Å². The van der Waals surface area contributed by atoms with E-state index in [1.165, 1.54) is 0 Å². The van der Waals surface area contributed by atoms with Crippen molar-refractivity contribution in [3.8, 4) is 0 Å². The number of Topliss-reactive ketones (excluding diaryl/α,β-unsaturated/α-hetero) is 1. The van der Waals surface area contributed by atoms with Gasteiger partial charge >= 0.3 is 0 Å². The number of anilines is 1. The van der Waals surface area contributed by atoms with Crippen molar-refractivity contribution in [3.05, 3.63) is 89.1 Å². The molecular formula is C26H23NO2. The molecule has 2 aliphatic rings. The van der Waals surface area contributed by atoms with Crippen molar-refractivity contribution >= 4 is 28.2 Å². The number of hydrogen-bond donors (Lipinski definition) is 0. The van der Waals surface area contributed by atoms with Crippen molar-refractivity contribution in [1.82, 2.24) is 0 Å². The smallest absolute Gasteiger partial charge is 0.232 e. The number of ketones is 1. The van der Waals surface area contributed by atoms with Crippen LogP contribution >= 0.6 is 0 Å². The van der Waals surface area contributed by atoms with Gasteiger partial charge in [0.2, 0.25) is 5.91 Å². The van der Waals surface area contributed by atoms with E-state index < -0.39 is 0 Å². The van der Waals surface area contributed by atoms with E-state index in [4.69, 9.17) is 0 Å². The predicted octanol–water partition coefficient (Wildman–Crippen LogP) is 5.68. The van der Waals surface area contributed by atoms with Gasteiger partial charge in [-0.25, -0.2) is 0 Å². The number of rotatable bonds is 2. The molecule has 0 spiro atoms. The van der Waals surface area contributed by atoms with Crippen LogP contribution in [0.2, 0.25) is 0 Å². The summed E-state index contributed by atoms with van der Waals surface area (Å²) in [5.41, 5.74) is 4.81. The maximum atomic E-state index is 13.4. The Hall–Kier alpha value is -3.20. The number of allylic oxidation sites excluding steroid dienone is 2. The van der Waals surface area contributed by atoms with E-state index in [-0.39, 0.29) is 17.6 Å². The van der Waals surface area contributed by atoms with E-state index in [0.29, 0.717) is 12.8 Å². The molecular weight excluding hydrogens is 358 g/mol. The number of hydrogen-bond acceptors (Lipinski definition) is 2. The number of aryl methyl sites for hydroxylation is 1. The second kappa shape index (κ2) is 7.00. The maximum Gasteiger partial charge on any atom is 0.232 e. The van der Waals surface area contributed by atoms with Crippen LogP contribution in [0.15, 0.2) is 78.0 Å². The highest BCUT2D eigenvalue weighted by molar-refractivity contribution is 6.08. The molecule has 0 radical (unpaired) electrons. The third kappa shape index (κ3) is 2.98. The molecule has 1 heterocycles. The Bertz CT molecular complexity index is 1170. The standard InChI is InChI=1S/C26H23NO2/c1-17-7-4-10-19(15-17)27-23-13-6-14-24(28)26(23)22(16-25(27)29)21-12-5-9-18-8-2-3-11-20(18)21/h2-5,7-12,15,22H,6,13-14,16H2,1H3. The number of carbonyl (C=O) groups excluding carboxylic acids is 2. The minimum Gasteiger partial charge on any atom is -0.294 e. The van der Waals surface area contributed by atoms with E-state index in [9.17, 15) is 9.59 Å². The Labute approximate surface area is 170 Å². The van der Waals surface area contributed by atoms with Crippen molar-refractivity contribution in [2.45, 2.75) is 38.5 Å². The zero-order valence-corrected chi connectivity index (χ0v) is 16.5. The molecule has 1 unspecified atom stereocenters. The van der Waals surface area contributed by atoms with Gasteiger partial charge < -0.3 is 0 Å². The topological polar surface area (TPSA) is 37.4 Å². The number of fused-ring (bicyclic) bond motifs is 1. The number of amides is 1. The molecule has 144 valence electrons. The second-order valence-corrected chi connectivity index (χ2v) is 8.03. The van der Waals surface area contributed by atoms with E-state index in [1.54, 1.807) is 4.90 Å². The highest BCUT2D eigenvalue weighted by atomic mass is 16.2. The summed E-state index contributed by atoms with van der Waals surface area (Å²) in [7, 11) is 0. The average molecular weight is 381 g/mol. The molecule has 29 heavy (non-hydrogen) atoms. The fraction of sp³-hybridized carbons (Fsp3) is 0.231. The first-order chi connectivity index (χ1) is 14.1. The van der Waals surface area contributed by atoms with Gasteiger partial charge in [0.15, 0.2) is 5.78 Å². The van der Waals surface area contributed by atoms with Crippen molar-refractivity contribution in [2.24, 2.45) is 0 Å². The zero-order valence-electron chi connectivity index (χ0n) is 16.5. The molecule has 1 atom stereocenters. The molecule has 1 aliphatic carbocycles. The zero-order chi connectivity index (χ0) is 20.0. The summed E-state index contributed by atoms with van der Waals surface area (Å²) in [4.78, 5) is 28.3. The summed E-state index contributed by atoms with van der Waals surface area (Å²) in [5, 5.41) is 2.27. The lowest BCUT2D eigenvalue weighted by molar-refractivity contribution is -0.119. The van der Waals surface area contributed by atoms with Gasteiger partial charge in [0, 0.05) is 35.7 Å². The van der Waals surface area contributed by atoms with Gasteiger partial charge in [-0.2, -0.15) is 0 Å². The normalized spacial score (nSPS) is 19.6. The van der Waals surface area contributed by atoms with Gasteiger partial charge in [0.1, 0.15) is 0 Å². The minimum absolute atomic E-state index is 0.0713. The van der Waals surface area contributed by atoms with Crippen LogP contribution in [-0.4, -0.2) is 11.7 Å². The van der Waals surface area contributed by atoms with Crippen LogP contribution in [0.3, 0.4) is 0 Å². The average Bonchev–Trinajstić information content (AvgIpc) is 2.73. The van der Waals surface area contributed by atoms with Crippen LogP contribution in [0.1, 0.15) is 42.7 Å². The summed E-state index contributed by atoms with van der Waals surface area (Å²) in [6, 6.07) is 22.4. The molecule has 1 aliphatic heterocycles. The number of nitrogens with zero attached hydrogens (tertiary/aromatic N) is 1. The Morgan fingerprint density at radius 2 is 1.69 bits per heavy atom. The molecule has 0 N–H and O–H groups in total. The van der Waals surface area contributed by atoms with Gasteiger partial charge in [-0.05, 0) is 53.8 Å². The van der Waals surface area contributed by atoms with Gasteiger partial charge in [0.25, 0.3) is 0 Å². The van der Waals surface area contributed by atoms with Crippen LogP contribution in [-0.2, 0) is 9.59 Å². The monoisotopic (exact) mass is 381 g/mol. The van der Waals surface area contributed by atoms with Gasteiger partial charge in [0.05, 0.1) is 0 Å². The molecule has 0 saturated carbocycles. The van der Waals surface area contributed by atoms with Crippen molar-refractivity contribution in [1.29, 1.82) is 0 Å². The first kappa shape index (κ1) is 17.9. The lowest BCUT2D eigenvalue weighted by Crippen LogP contribution is -2.40. The Morgan fingerprint density at radius 3 is 2.55 bits per heavy atom. The molecule has 0 bridgehead atoms. The fourth-order valence-electron chi connectivity index (χ4n) is 4.88. The summed E-state index contributed by atoms with van der Waals surface area (Å²) in [6.07, 6.45) is 2.46. The van der Waals surface area contributed by atoms with Crippen LogP contribution in [0.4, 0.5) is 5.69 Å². The molecule has 3 aromatic carbocycles. The lowest BCUT2D eigenvalue weighted by Gasteiger charge is -2.38. The number of benzene rings is 3. The minimum atomic E-state index is -0.169. The van der Waals surface area contributed by atoms with E-state index >= 15 is 0 Å². The lowest BCUT2D eigenvalue weighted by atomic mass is 9.76. The van der Waals surface area contributed by atoms with Crippen LogP contribution in [0.25, 0.3) is 10.8 Å². The van der Waals surface area contributed by atoms with Gasteiger partial charge in [-0.3, -0.25) is 14.5 Å². The summed E-state index contributed by atoms with van der Waals surface area (Å²) in [6.45, 7) is 2.03. The van der Waals surface area contributed by atoms with Crippen molar-refractivity contribution in [3.63, 3.8) is 0 Å². The second-order valence-electron chi connectivity index (χ2n) is 8.03. The molecule has 3 heteroatoms. The molecule has 0 aromatic heterocycles. The molecule has 5 rings (SSSR count). The third-order valence-corrected chi connectivity index (χ3v) is 6.13. The quantitative estimate of drug-likeness (QED) is 0.573. The summed E-state index contributed by atoms with van der Waals surface area (Å²) in [5.74, 6) is 0.0915. The molecule has 1 amide bonds. The van der Waals surface area contributed by atoms with E-state index in [1.807, 2.05) is 49.4 Å². The van der Waals surface area contributed by atoms with Crippen LogP contribution in [0.5, 0.6) is 0 Å². The van der Waals surface area contributed by atoms with Crippen LogP contribution < -0.4 is 4.90 Å². The van der Waals surface area contributed by atoms with Crippen molar-refractivity contribution in [2.75, 3.05) is 4.90 Å². The first-order valence-corrected chi connectivity index (χ1v) is 10.3. The van der Waals surface area contributed by atoms with E-state index in [2.05, 4.69) is 24.3 Å². The molecule has 3 aromatic rings. The molecule has 0 saturated heterocycles. The summed E-state index contributed by atoms with van der Waals surface area (Å²) < 4.78 is 0. The van der Waals surface area contributed by atoms with Gasteiger partial charge in [-0.15, -0.1) is 0 Å². The number of carbonyl (C=O) groups is 2. The predicted molar refractivity (Wildman–Crippen MR) is 116 cm³/mol. The molecule has 0 fully saturated rings. The molecule has 3 nitrogen and oxygen atoms in total.